The number of rotatable bonds is 2. The summed E-state index contributed by atoms with van der Waals surface area (Å²) in [4.78, 5) is 0. The van der Waals surface area contributed by atoms with Crippen LogP contribution in [-0.4, -0.2) is 45.8 Å². The van der Waals surface area contributed by atoms with Crippen LogP contribution in [0.1, 0.15) is 13.3 Å². The van der Waals surface area contributed by atoms with Crippen molar-refractivity contribution in [2.24, 2.45) is 17.8 Å². The molecule has 1 aliphatic carbocycles. The van der Waals surface area contributed by atoms with Gasteiger partial charge in [-0.05, 0) is 18.3 Å². The van der Waals surface area contributed by atoms with Crippen molar-refractivity contribution in [1.29, 1.82) is 0 Å². The molecule has 1 aliphatic rings. The van der Waals surface area contributed by atoms with Gasteiger partial charge in [0.2, 0.25) is 0 Å². The zero-order chi connectivity index (χ0) is 10.0. The Hall–Kier alpha value is -0.160. The molecule has 0 aromatic rings. The maximum absolute atomic E-state index is 9.58. The summed E-state index contributed by atoms with van der Waals surface area (Å²) in [6.45, 7) is 1.67. The lowest BCUT2D eigenvalue weighted by atomic mass is 9.72. The summed E-state index contributed by atoms with van der Waals surface area (Å²) in [5, 5.41) is 37.0. The van der Waals surface area contributed by atoms with Crippen molar-refractivity contribution in [2.75, 3.05) is 13.2 Å². The van der Waals surface area contributed by atoms with Crippen molar-refractivity contribution >= 4 is 0 Å². The maximum Gasteiger partial charge on any atom is 0.0851 e. The van der Waals surface area contributed by atoms with E-state index in [1.165, 1.54) is 0 Å². The fraction of sp³-hybridized carbons (Fsp3) is 1.00. The van der Waals surface area contributed by atoms with Gasteiger partial charge in [0, 0.05) is 19.1 Å². The molecule has 1 rings (SSSR count). The van der Waals surface area contributed by atoms with Crippen molar-refractivity contribution in [1.82, 2.24) is 0 Å². The molecule has 1 fully saturated rings. The molecule has 0 aromatic carbocycles. The van der Waals surface area contributed by atoms with Crippen LogP contribution in [-0.2, 0) is 0 Å². The molecule has 78 valence electrons. The summed E-state index contributed by atoms with van der Waals surface area (Å²) >= 11 is 0. The van der Waals surface area contributed by atoms with Crippen LogP contribution in [0.4, 0.5) is 0 Å². The zero-order valence-corrected chi connectivity index (χ0v) is 7.80. The largest absolute Gasteiger partial charge is 0.396 e. The molecule has 1 saturated carbocycles. The summed E-state index contributed by atoms with van der Waals surface area (Å²) < 4.78 is 0. The summed E-state index contributed by atoms with van der Waals surface area (Å²) in [6.07, 6.45) is -1.11. The van der Waals surface area contributed by atoms with Gasteiger partial charge in [0.25, 0.3) is 0 Å². The molecule has 0 spiro atoms. The lowest BCUT2D eigenvalue weighted by Crippen LogP contribution is -2.48. The minimum absolute atomic E-state index is 0.00144. The number of hydrogen-bond donors (Lipinski definition) is 4. The Morgan fingerprint density at radius 1 is 1.00 bits per heavy atom. The van der Waals surface area contributed by atoms with Crippen molar-refractivity contribution in [3.8, 4) is 0 Å². The molecule has 4 heteroatoms. The Bertz CT molecular complexity index is 142. The molecule has 0 bridgehead atoms. The molecule has 5 atom stereocenters. The van der Waals surface area contributed by atoms with Crippen LogP contribution in [0, 0.1) is 17.8 Å². The monoisotopic (exact) mass is 190 g/mol. The average molecular weight is 190 g/mol. The van der Waals surface area contributed by atoms with Gasteiger partial charge in [-0.15, -0.1) is 0 Å². The molecular formula is C9H18O4. The van der Waals surface area contributed by atoms with E-state index in [4.69, 9.17) is 10.2 Å². The highest BCUT2D eigenvalue weighted by molar-refractivity contribution is 4.89. The minimum Gasteiger partial charge on any atom is -0.396 e. The SMILES string of the molecule is C[C@H]1[C@H](CO)C[C@H](CO)[C@@H](O)[C@@H]1O. The first-order valence-electron chi connectivity index (χ1n) is 4.69. The van der Waals surface area contributed by atoms with Gasteiger partial charge in [-0.25, -0.2) is 0 Å². The normalized spacial score (nSPS) is 46.4. The first-order valence-corrected chi connectivity index (χ1v) is 4.69. The van der Waals surface area contributed by atoms with Gasteiger partial charge in [-0.3, -0.25) is 0 Å². The van der Waals surface area contributed by atoms with Gasteiger partial charge in [-0.2, -0.15) is 0 Å². The van der Waals surface area contributed by atoms with E-state index in [0.717, 1.165) is 0 Å². The second kappa shape index (κ2) is 4.37. The van der Waals surface area contributed by atoms with E-state index in [9.17, 15) is 10.2 Å². The van der Waals surface area contributed by atoms with Gasteiger partial charge in [0.1, 0.15) is 0 Å². The van der Waals surface area contributed by atoms with E-state index in [2.05, 4.69) is 0 Å². The third-order valence-corrected chi connectivity index (χ3v) is 3.19. The highest BCUT2D eigenvalue weighted by Crippen LogP contribution is 2.33. The molecule has 13 heavy (non-hydrogen) atoms. The minimum atomic E-state index is -0.859. The second-order valence-corrected chi connectivity index (χ2v) is 3.96. The summed E-state index contributed by atoms with van der Waals surface area (Å²) in [7, 11) is 0. The first kappa shape index (κ1) is 10.9. The van der Waals surface area contributed by atoms with E-state index < -0.39 is 12.2 Å². The fourth-order valence-electron chi connectivity index (χ4n) is 2.04. The third-order valence-electron chi connectivity index (χ3n) is 3.19. The van der Waals surface area contributed by atoms with Gasteiger partial charge in [0.15, 0.2) is 0 Å². The Morgan fingerprint density at radius 2 is 1.54 bits per heavy atom. The van der Waals surface area contributed by atoms with Gasteiger partial charge in [0.05, 0.1) is 12.2 Å². The molecule has 4 N–H and O–H groups in total. The van der Waals surface area contributed by atoms with Crippen LogP contribution in [0.2, 0.25) is 0 Å². The first-order chi connectivity index (χ1) is 6.11. The lowest BCUT2D eigenvalue weighted by molar-refractivity contribution is -0.111. The van der Waals surface area contributed by atoms with E-state index in [-0.39, 0.29) is 31.0 Å². The summed E-state index contributed by atoms with van der Waals surface area (Å²) in [5.74, 6) is -0.429. The van der Waals surface area contributed by atoms with Crippen LogP contribution >= 0.6 is 0 Å². The molecule has 0 heterocycles. The molecular weight excluding hydrogens is 172 g/mol. The predicted octanol–water partition coefficient (Wildman–Crippen LogP) is -1.04. The molecule has 4 nitrogen and oxygen atoms in total. The highest BCUT2D eigenvalue weighted by atomic mass is 16.3. The van der Waals surface area contributed by atoms with Crippen LogP contribution in [0.5, 0.6) is 0 Å². The van der Waals surface area contributed by atoms with E-state index in [0.29, 0.717) is 6.42 Å². The van der Waals surface area contributed by atoms with Crippen LogP contribution in [0.25, 0.3) is 0 Å². The molecule has 0 aliphatic heterocycles. The van der Waals surface area contributed by atoms with Crippen LogP contribution in [0.3, 0.4) is 0 Å². The van der Waals surface area contributed by atoms with E-state index in [1.807, 2.05) is 6.92 Å². The Kier molecular flexibility index (Phi) is 3.67. The number of hydrogen-bond acceptors (Lipinski definition) is 4. The molecule has 0 radical (unpaired) electrons. The fourth-order valence-corrected chi connectivity index (χ4v) is 2.04. The van der Waals surface area contributed by atoms with Gasteiger partial charge < -0.3 is 20.4 Å². The summed E-state index contributed by atoms with van der Waals surface area (Å²) in [6, 6.07) is 0. The zero-order valence-electron chi connectivity index (χ0n) is 7.80. The number of aliphatic hydroxyl groups excluding tert-OH is 4. The molecule has 0 unspecified atom stereocenters. The number of aliphatic hydroxyl groups is 4. The maximum atomic E-state index is 9.58. The van der Waals surface area contributed by atoms with Gasteiger partial charge in [-0.1, -0.05) is 6.92 Å². The smallest absolute Gasteiger partial charge is 0.0851 e. The van der Waals surface area contributed by atoms with Crippen molar-refractivity contribution in [3.63, 3.8) is 0 Å². The van der Waals surface area contributed by atoms with Crippen molar-refractivity contribution < 1.29 is 20.4 Å². The van der Waals surface area contributed by atoms with Crippen molar-refractivity contribution in [2.45, 2.75) is 25.6 Å². The summed E-state index contributed by atoms with van der Waals surface area (Å²) in [5.41, 5.74) is 0. The second-order valence-electron chi connectivity index (χ2n) is 3.96. The predicted molar refractivity (Wildman–Crippen MR) is 46.9 cm³/mol. The van der Waals surface area contributed by atoms with Crippen molar-refractivity contribution in [3.05, 3.63) is 0 Å². The Morgan fingerprint density at radius 3 is 2.00 bits per heavy atom. The van der Waals surface area contributed by atoms with E-state index in [1.54, 1.807) is 0 Å². The average Bonchev–Trinajstić information content (AvgIpc) is 2.15. The highest BCUT2D eigenvalue weighted by Gasteiger charge is 2.40. The Labute approximate surface area is 77.8 Å². The molecule has 0 aromatic heterocycles. The molecule has 0 amide bonds. The van der Waals surface area contributed by atoms with E-state index >= 15 is 0 Å². The van der Waals surface area contributed by atoms with Gasteiger partial charge >= 0.3 is 0 Å². The lowest BCUT2D eigenvalue weighted by Gasteiger charge is -2.40. The topological polar surface area (TPSA) is 80.9 Å². The quantitative estimate of drug-likeness (QED) is 0.448. The molecule has 0 saturated heterocycles. The third kappa shape index (κ3) is 2.02. The standard InChI is InChI=1S/C9H18O4/c1-5-6(3-10)2-7(4-11)9(13)8(5)12/h5-13H,2-4H2,1H3/t5-,6-,7+,8+,9+/m0/s1. The van der Waals surface area contributed by atoms with Crippen LogP contribution < -0.4 is 0 Å². The Balaban J connectivity index is 2.66. The van der Waals surface area contributed by atoms with Crippen LogP contribution in [0.15, 0.2) is 0 Å².